The summed E-state index contributed by atoms with van der Waals surface area (Å²) >= 11 is 0. The number of hydrogen-bond donors (Lipinski definition) is 4. The lowest BCUT2D eigenvalue weighted by Crippen LogP contribution is -2.67. The minimum absolute atomic E-state index is 0.0299. The predicted molar refractivity (Wildman–Crippen MR) is 164 cm³/mol. The van der Waals surface area contributed by atoms with Crippen molar-refractivity contribution in [2.45, 2.75) is 143 Å². The Balaban J connectivity index is 1.31. The average molecular weight is 617 g/mol. The van der Waals surface area contributed by atoms with E-state index in [4.69, 9.17) is 9.47 Å². The van der Waals surface area contributed by atoms with Crippen molar-refractivity contribution in [3.63, 3.8) is 0 Å². The van der Waals surface area contributed by atoms with Crippen LogP contribution in [0.2, 0.25) is 0 Å². The SMILES string of the molecule is CC1(C)[C@@H](OC2CC(O)C(O)C(CO)O2)CC[C@]2(C)[C@H]3C(=O)C=C4[C@@H]5C[C@@](C)(C(=O)O)CC[C@]5(C)CC[C@@]4(C)[C@]3(C)CC[C@@H]12. The lowest BCUT2D eigenvalue weighted by Gasteiger charge is -2.70. The first-order valence-corrected chi connectivity index (χ1v) is 17.1. The zero-order valence-corrected chi connectivity index (χ0v) is 27.9. The van der Waals surface area contributed by atoms with Gasteiger partial charge in [0.1, 0.15) is 12.2 Å². The van der Waals surface area contributed by atoms with Crippen molar-refractivity contribution in [3.8, 4) is 0 Å². The number of carbonyl (C=O) groups is 2. The highest BCUT2D eigenvalue weighted by molar-refractivity contribution is 5.95. The number of fused-ring (bicyclic) bond motifs is 7. The van der Waals surface area contributed by atoms with Crippen LogP contribution in [0.4, 0.5) is 0 Å². The molecule has 5 fully saturated rings. The maximum atomic E-state index is 14.6. The molecular weight excluding hydrogens is 560 g/mol. The van der Waals surface area contributed by atoms with Gasteiger partial charge in [0.2, 0.25) is 0 Å². The Morgan fingerprint density at radius 2 is 1.66 bits per heavy atom. The molecule has 248 valence electrons. The second-order valence-corrected chi connectivity index (χ2v) is 17.6. The summed E-state index contributed by atoms with van der Waals surface area (Å²) in [4.78, 5) is 27.0. The van der Waals surface area contributed by atoms with Crippen molar-refractivity contribution in [2.24, 2.45) is 50.2 Å². The van der Waals surface area contributed by atoms with Gasteiger partial charge in [0.05, 0.1) is 24.2 Å². The third-order valence-electron chi connectivity index (χ3n) is 15.1. The Hall–Kier alpha value is -1.32. The number of ether oxygens (including phenoxy) is 2. The summed E-state index contributed by atoms with van der Waals surface area (Å²) in [6.07, 6.45) is 6.05. The molecular formula is C36H56O8. The normalized spacial score (nSPS) is 53.4. The van der Waals surface area contributed by atoms with E-state index in [2.05, 4.69) is 41.5 Å². The molecule has 0 bridgehead atoms. The molecule has 6 rings (SSSR count). The molecule has 0 spiro atoms. The zero-order valence-electron chi connectivity index (χ0n) is 27.9. The summed E-state index contributed by atoms with van der Waals surface area (Å²) in [6, 6.07) is 0. The quantitative estimate of drug-likeness (QED) is 0.314. The number of aliphatic hydroxyl groups is 3. The third kappa shape index (κ3) is 4.40. The van der Waals surface area contributed by atoms with Crippen LogP contribution in [0, 0.1) is 50.2 Å². The fourth-order valence-electron chi connectivity index (χ4n) is 11.9. The fraction of sp³-hybridized carbons (Fsp3) is 0.889. The molecule has 0 amide bonds. The van der Waals surface area contributed by atoms with Crippen LogP contribution in [0.15, 0.2) is 11.6 Å². The molecule has 4 saturated carbocycles. The molecule has 1 aliphatic heterocycles. The average Bonchev–Trinajstić information content (AvgIpc) is 2.94. The Bertz CT molecular complexity index is 1230. The number of rotatable bonds is 4. The molecule has 1 heterocycles. The molecule has 8 heteroatoms. The zero-order chi connectivity index (χ0) is 32.3. The number of hydrogen-bond acceptors (Lipinski definition) is 7. The van der Waals surface area contributed by atoms with E-state index in [9.17, 15) is 30.0 Å². The maximum Gasteiger partial charge on any atom is 0.309 e. The predicted octanol–water partition coefficient (Wildman–Crippen LogP) is 5.27. The van der Waals surface area contributed by atoms with Crippen LogP contribution in [-0.4, -0.2) is 69.5 Å². The van der Waals surface area contributed by atoms with Crippen LogP contribution in [0.1, 0.15) is 113 Å². The molecule has 1 saturated heterocycles. The molecule has 0 aromatic carbocycles. The minimum atomic E-state index is -1.14. The first-order chi connectivity index (χ1) is 20.4. The van der Waals surface area contributed by atoms with Gasteiger partial charge in [-0.25, -0.2) is 0 Å². The lowest BCUT2D eigenvalue weighted by molar-refractivity contribution is -0.296. The van der Waals surface area contributed by atoms with Gasteiger partial charge in [0.25, 0.3) is 0 Å². The number of aliphatic hydroxyl groups excluding tert-OH is 3. The molecule has 8 nitrogen and oxygen atoms in total. The number of aliphatic carboxylic acids is 1. The molecule has 6 aliphatic rings. The number of allylic oxidation sites excluding steroid dienone is 2. The van der Waals surface area contributed by atoms with E-state index in [1.807, 2.05) is 13.0 Å². The summed E-state index contributed by atoms with van der Waals surface area (Å²) in [5.74, 6) is -0.267. The first kappa shape index (κ1) is 32.6. The summed E-state index contributed by atoms with van der Waals surface area (Å²) in [6.45, 7) is 15.4. The largest absolute Gasteiger partial charge is 0.481 e. The van der Waals surface area contributed by atoms with Gasteiger partial charge in [0.15, 0.2) is 12.1 Å². The van der Waals surface area contributed by atoms with E-state index in [0.29, 0.717) is 12.8 Å². The van der Waals surface area contributed by atoms with Crippen LogP contribution in [-0.2, 0) is 19.1 Å². The maximum absolute atomic E-state index is 14.6. The van der Waals surface area contributed by atoms with Crippen molar-refractivity contribution >= 4 is 11.8 Å². The highest BCUT2D eigenvalue weighted by atomic mass is 16.7. The minimum Gasteiger partial charge on any atom is -0.481 e. The Morgan fingerprint density at radius 3 is 2.32 bits per heavy atom. The molecule has 0 aromatic rings. The fourth-order valence-corrected chi connectivity index (χ4v) is 11.9. The molecule has 4 unspecified atom stereocenters. The molecule has 0 aromatic heterocycles. The van der Waals surface area contributed by atoms with E-state index in [1.165, 1.54) is 5.57 Å². The van der Waals surface area contributed by atoms with Crippen LogP contribution in [0.25, 0.3) is 0 Å². The summed E-state index contributed by atoms with van der Waals surface area (Å²) in [5.41, 5.74) is -0.373. The third-order valence-corrected chi connectivity index (χ3v) is 15.1. The van der Waals surface area contributed by atoms with E-state index >= 15 is 0 Å². The smallest absolute Gasteiger partial charge is 0.309 e. The Morgan fingerprint density at radius 1 is 0.977 bits per heavy atom. The van der Waals surface area contributed by atoms with Gasteiger partial charge in [-0.1, -0.05) is 47.1 Å². The van der Waals surface area contributed by atoms with Crippen molar-refractivity contribution < 1.29 is 39.5 Å². The van der Waals surface area contributed by atoms with Gasteiger partial charge in [-0.05, 0) is 110 Å². The van der Waals surface area contributed by atoms with Crippen LogP contribution in [0.3, 0.4) is 0 Å². The monoisotopic (exact) mass is 616 g/mol. The number of carboxylic acid groups (broad SMARTS) is 1. The molecule has 0 radical (unpaired) electrons. The molecule has 44 heavy (non-hydrogen) atoms. The van der Waals surface area contributed by atoms with E-state index in [-0.39, 0.29) is 69.7 Å². The summed E-state index contributed by atoms with van der Waals surface area (Å²) in [7, 11) is 0. The molecule has 5 aliphatic carbocycles. The molecule has 4 N–H and O–H groups in total. The topological polar surface area (TPSA) is 134 Å². The Kier molecular flexibility index (Phi) is 7.66. The number of ketones is 1. The lowest BCUT2D eigenvalue weighted by atomic mass is 9.33. The van der Waals surface area contributed by atoms with Gasteiger partial charge in [-0.15, -0.1) is 0 Å². The first-order valence-electron chi connectivity index (χ1n) is 17.1. The highest BCUT2D eigenvalue weighted by Gasteiger charge is 2.70. The second kappa shape index (κ2) is 10.3. The van der Waals surface area contributed by atoms with Crippen LogP contribution < -0.4 is 0 Å². The van der Waals surface area contributed by atoms with E-state index < -0.39 is 36.0 Å². The van der Waals surface area contributed by atoms with Crippen molar-refractivity contribution in [2.75, 3.05) is 6.61 Å². The number of carboxylic acids is 1. The standard InChI is InChI=1S/C36H56O8/c1-31(2)25-8-11-36(7)29(34(25,5)10-9-26(31)44-27-17-22(38)28(40)24(19-37)43-27)23(39)16-20-21-18-33(4,30(41)42)13-12-32(21,3)14-15-35(20,36)6/h16,21-22,24-29,37-38,40H,8-15,17-19H2,1-7H3,(H,41,42)/t21-,22?,24?,25-,26-,27?,28?,29+,32+,33-,34-,35+,36+/m0/s1. The van der Waals surface area contributed by atoms with Crippen molar-refractivity contribution in [1.82, 2.24) is 0 Å². The Labute approximate surface area is 263 Å². The van der Waals surface area contributed by atoms with Crippen molar-refractivity contribution in [3.05, 3.63) is 11.6 Å². The second-order valence-electron chi connectivity index (χ2n) is 17.6. The van der Waals surface area contributed by atoms with Gasteiger partial charge >= 0.3 is 5.97 Å². The number of carbonyl (C=O) groups excluding carboxylic acids is 1. The highest BCUT2D eigenvalue weighted by Crippen LogP contribution is 2.75. The van der Waals surface area contributed by atoms with Gasteiger partial charge in [-0.2, -0.15) is 0 Å². The molecule has 13 atom stereocenters. The van der Waals surface area contributed by atoms with Crippen LogP contribution >= 0.6 is 0 Å². The van der Waals surface area contributed by atoms with Gasteiger partial charge < -0.3 is 29.9 Å². The summed E-state index contributed by atoms with van der Waals surface area (Å²) in [5, 5.41) is 40.4. The summed E-state index contributed by atoms with van der Waals surface area (Å²) < 4.78 is 12.4. The van der Waals surface area contributed by atoms with Gasteiger partial charge in [-0.3, -0.25) is 9.59 Å². The van der Waals surface area contributed by atoms with E-state index in [1.54, 1.807) is 0 Å². The van der Waals surface area contributed by atoms with Crippen LogP contribution in [0.5, 0.6) is 0 Å². The van der Waals surface area contributed by atoms with Crippen molar-refractivity contribution in [1.29, 1.82) is 0 Å². The van der Waals surface area contributed by atoms with Gasteiger partial charge in [0, 0.05) is 12.3 Å². The van der Waals surface area contributed by atoms with E-state index in [0.717, 1.165) is 44.9 Å².